The van der Waals surface area contributed by atoms with Crippen molar-refractivity contribution in [1.82, 2.24) is 0 Å². The van der Waals surface area contributed by atoms with Gasteiger partial charge >= 0.3 is 0 Å². The zero-order chi connectivity index (χ0) is 8.91. The average molecular weight is 182 g/mol. The van der Waals surface area contributed by atoms with Gasteiger partial charge in [-0.3, -0.25) is 4.18 Å². The molecule has 0 aliphatic rings. The third kappa shape index (κ3) is 7.77. The first-order valence-electron chi connectivity index (χ1n) is 3.45. The standard InChI is InChI=1S/C6H14O4S/c1-6(4-3-5-7)10-11(2,8)9/h6-7H,3-5H2,1-2H3. The summed E-state index contributed by atoms with van der Waals surface area (Å²) in [5.74, 6) is 0. The second-order valence-corrected chi connectivity index (χ2v) is 4.08. The summed E-state index contributed by atoms with van der Waals surface area (Å²) >= 11 is 0. The van der Waals surface area contributed by atoms with Gasteiger partial charge in [-0.2, -0.15) is 8.42 Å². The first-order valence-corrected chi connectivity index (χ1v) is 5.26. The van der Waals surface area contributed by atoms with Crippen molar-refractivity contribution in [1.29, 1.82) is 0 Å². The molecule has 1 atom stereocenters. The van der Waals surface area contributed by atoms with Gasteiger partial charge in [0, 0.05) is 6.61 Å². The highest BCUT2D eigenvalue weighted by Gasteiger charge is 2.08. The maximum absolute atomic E-state index is 10.5. The maximum Gasteiger partial charge on any atom is 0.264 e. The van der Waals surface area contributed by atoms with Crippen LogP contribution < -0.4 is 0 Å². The summed E-state index contributed by atoms with van der Waals surface area (Å²) in [6.45, 7) is 1.73. The molecule has 5 heteroatoms. The summed E-state index contributed by atoms with van der Waals surface area (Å²) in [7, 11) is -3.34. The second kappa shape index (κ2) is 4.69. The molecule has 0 spiro atoms. The first kappa shape index (κ1) is 10.9. The van der Waals surface area contributed by atoms with Gasteiger partial charge < -0.3 is 5.11 Å². The van der Waals surface area contributed by atoms with Crippen LogP contribution in [0.5, 0.6) is 0 Å². The minimum Gasteiger partial charge on any atom is -0.396 e. The molecule has 1 N–H and O–H groups in total. The van der Waals surface area contributed by atoms with Crippen LogP contribution in [-0.2, 0) is 14.3 Å². The highest BCUT2D eigenvalue weighted by atomic mass is 32.2. The SMILES string of the molecule is CC(CCCO)OS(C)(=O)=O. The molecule has 0 amide bonds. The number of hydrogen-bond donors (Lipinski definition) is 1. The molecule has 0 aromatic heterocycles. The van der Waals surface area contributed by atoms with E-state index in [9.17, 15) is 8.42 Å². The topological polar surface area (TPSA) is 63.6 Å². The first-order chi connectivity index (χ1) is 4.95. The molecular weight excluding hydrogens is 168 g/mol. The van der Waals surface area contributed by atoms with Crippen molar-refractivity contribution >= 4 is 10.1 Å². The lowest BCUT2D eigenvalue weighted by Crippen LogP contribution is -2.14. The van der Waals surface area contributed by atoms with Gasteiger partial charge in [0.25, 0.3) is 10.1 Å². The molecule has 0 aliphatic heterocycles. The van der Waals surface area contributed by atoms with Gasteiger partial charge in [0.05, 0.1) is 12.4 Å². The van der Waals surface area contributed by atoms with Gasteiger partial charge in [0.1, 0.15) is 0 Å². The second-order valence-electron chi connectivity index (χ2n) is 2.48. The van der Waals surface area contributed by atoms with Gasteiger partial charge in [-0.05, 0) is 19.8 Å². The van der Waals surface area contributed by atoms with Gasteiger partial charge in [0.2, 0.25) is 0 Å². The summed E-state index contributed by atoms with van der Waals surface area (Å²) in [4.78, 5) is 0. The van der Waals surface area contributed by atoms with Crippen LogP contribution in [0.15, 0.2) is 0 Å². The lowest BCUT2D eigenvalue weighted by molar-refractivity contribution is 0.196. The van der Waals surface area contributed by atoms with E-state index in [0.29, 0.717) is 12.8 Å². The van der Waals surface area contributed by atoms with Gasteiger partial charge in [0.15, 0.2) is 0 Å². The summed E-state index contributed by atoms with van der Waals surface area (Å²) in [5, 5.41) is 8.41. The minimum absolute atomic E-state index is 0.0669. The van der Waals surface area contributed by atoms with Crippen LogP contribution in [-0.4, -0.2) is 32.5 Å². The molecule has 0 saturated heterocycles. The number of aliphatic hydroxyl groups is 1. The molecule has 0 rings (SSSR count). The predicted molar refractivity (Wildman–Crippen MR) is 41.7 cm³/mol. The number of hydrogen-bond acceptors (Lipinski definition) is 4. The van der Waals surface area contributed by atoms with Crippen LogP contribution in [0.1, 0.15) is 19.8 Å². The molecule has 4 nitrogen and oxygen atoms in total. The fourth-order valence-electron chi connectivity index (χ4n) is 0.725. The quantitative estimate of drug-likeness (QED) is 0.613. The van der Waals surface area contributed by atoms with Crippen LogP contribution in [0.4, 0.5) is 0 Å². The number of rotatable bonds is 5. The largest absolute Gasteiger partial charge is 0.396 e. The van der Waals surface area contributed by atoms with Crippen molar-refractivity contribution in [2.75, 3.05) is 12.9 Å². The molecule has 1 unspecified atom stereocenters. The Bertz CT molecular complexity index is 185. The zero-order valence-electron chi connectivity index (χ0n) is 6.78. The van der Waals surface area contributed by atoms with E-state index in [-0.39, 0.29) is 12.7 Å². The molecule has 0 bridgehead atoms. The van der Waals surface area contributed by atoms with Crippen molar-refractivity contribution in [2.24, 2.45) is 0 Å². The van der Waals surface area contributed by atoms with Crippen LogP contribution in [0.25, 0.3) is 0 Å². The number of aliphatic hydroxyl groups excluding tert-OH is 1. The van der Waals surface area contributed by atoms with Crippen LogP contribution in [0, 0.1) is 0 Å². The van der Waals surface area contributed by atoms with Crippen LogP contribution >= 0.6 is 0 Å². The molecule has 0 aliphatic carbocycles. The molecule has 0 radical (unpaired) electrons. The Morgan fingerprint density at radius 1 is 1.55 bits per heavy atom. The van der Waals surface area contributed by atoms with E-state index in [1.807, 2.05) is 0 Å². The monoisotopic (exact) mass is 182 g/mol. The summed E-state index contributed by atoms with van der Waals surface area (Å²) in [6, 6.07) is 0. The van der Waals surface area contributed by atoms with E-state index < -0.39 is 10.1 Å². The lowest BCUT2D eigenvalue weighted by Gasteiger charge is -2.08. The summed E-state index contributed by atoms with van der Waals surface area (Å²) in [6.07, 6.45) is 1.81. The van der Waals surface area contributed by atoms with Crippen molar-refractivity contribution in [3.05, 3.63) is 0 Å². The summed E-state index contributed by atoms with van der Waals surface area (Å²) in [5.41, 5.74) is 0. The van der Waals surface area contributed by atoms with Gasteiger partial charge in [-0.15, -0.1) is 0 Å². The average Bonchev–Trinajstić information content (AvgIpc) is 1.79. The molecule has 0 heterocycles. The van der Waals surface area contributed by atoms with E-state index in [1.54, 1.807) is 6.92 Å². The Balaban J connectivity index is 3.61. The lowest BCUT2D eigenvalue weighted by atomic mass is 10.2. The Labute approximate surface area is 67.3 Å². The Kier molecular flexibility index (Phi) is 4.63. The van der Waals surface area contributed by atoms with Crippen LogP contribution in [0.2, 0.25) is 0 Å². The third-order valence-corrected chi connectivity index (χ3v) is 1.79. The minimum atomic E-state index is -3.34. The summed E-state index contributed by atoms with van der Waals surface area (Å²) < 4.78 is 25.6. The molecular formula is C6H14O4S. The fraction of sp³-hybridized carbons (Fsp3) is 1.00. The molecule has 0 aromatic carbocycles. The van der Waals surface area contributed by atoms with Gasteiger partial charge in [-0.25, -0.2) is 0 Å². The van der Waals surface area contributed by atoms with Crippen LogP contribution in [0.3, 0.4) is 0 Å². The Hall–Kier alpha value is -0.130. The van der Waals surface area contributed by atoms with Crippen molar-refractivity contribution in [3.63, 3.8) is 0 Å². The van der Waals surface area contributed by atoms with E-state index in [0.717, 1.165) is 6.26 Å². The van der Waals surface area contributed by atoms with Crippen molar-refractivity contribution < 1.29 is 17.7 Å². The zero-order valence-corrected chi connectivity index (χ0v) is 7.60. The highest BCUT2D eigenvalue weighted by Crippen LogP contribution is 2.03. The molecule has 0 saturated carbocycles. The van der Waals surface area contributed by atoms with E-state index >= 15 is 0 Å². The van der Waals surface area contributed by atoms with Gasteiger partial charge in [-0.1, -0.05) is 0 Å². The normalized spacial score (nSPS) is 14.8. The smallest absolute Gasteiger partial charge is 0.264 e. The van der Waals surface area contributed by atoms with E-state index in [4.69, 9.17) is 5.11 Å². The predicted octanol–water partition coefficient (Wildman–Crippen LogP) is 0.124. The van der Waals surface area contributed by atoms with Crippen molar-refractivity contribution in [2.45, 2.75) is 25.9 Å². The van der Waals surface area contributed by atoms with E-state index in [2.05, 4.69) is 4.18 Å². The molecule has 0 aromatic rings. The molecule has 68 valence electrons. The fourth-order valence-corrected chi connectivity index (χ4v) is 1.42. The highest BCUT2D eigenvalue weighted by molar-refractivity contribution is 7.86. The Morgan fingerprint density at radius 2 is 2.09 bits per heavy atom. The van der Waals surface area contributed by atoms with Crippen molar-refractivity contribution in [3.8, 4) is 0 Å². The molecule has 0 fully saturated rings. The third-order valence-electron chi connectivity index (χ3n) is 1.11. The Morgan fingerprint density at radius 3 is 2.45 bits per heavy atom. The molecule has 11 heavy (non-hydrogen) atoms. The maximum atomic E-state index is 10.5. The van der Waals surface area contributed by atoms with E-state index in [1.165, 1.54) is 0 Å².